The lowest BCUT2D eigenvalue weighted by Crippen LogP contribution is -2.33. The van der Waals surface area contributed by atoms with E-state index >= 15 is 0 Å². The first-order chi connectivity index (χ1) is 9.98. The summed E-state index contributed by atoms with van der Waals surface area (Å²) in [7, 11) is 0. The Balaban J connectivity index is 1.91. The predicted molar refractivity (Wildman–Crippen MR) is 83.5 cm³/mol. The van der Waals surface area contributed by atoms with Gasteiger partial charge >= 0.3 is 0 Å². The average Bonchev–Trinajstić information content (AvgIpc) is 2.86. The van der Waals surface area contributed by atoms with Crippen molar-refractivity contribution < 1.29 is 9.18 Å². The number of hydrogen-bond acceptors (Lipinski definition) is 3. The van der Waals surface area contributed by atoms with Crippen molar-refractivity contribution >= 4 is 17.3 Å². The van der Waals surface area contributed by atoms with E-state index in [9.17, 15) is 9.18 Å². The fourth-order valence-corrected chi connectivity index (χ4v) is 3.03. The molecule has 0 unspecified atom stereocenters. The minimum atomic E-state index is -0.402. The van der Waals surface area contributed by atoms with Crippen molar-refractivity contribution in [2.75, 3.05) is 30.7 Å². The monoisotopic (exact) mass is 293 g/mol. The summed E-state index contributed by atoms with van der Waals surface area (Å²) < 4.78 is 13.0. The van der Waals surface area contributed by atoms with Gasteiger partial charge in [0.25, 0.3) is 0 Å². The van der Waals surface area contributed by atoms with Crippen molar-refractivity contribution in [1.82, 2.24) is 4.90 Å². The number of nitrogens with two attached hydrogens (primary N) is 1. The topological polar surface area (TPSA) is 58.4 Å². The van der Waals surface area contributed by atoms with Crippen molar-refractivity contribution in [3.63, 3.8) is 0 Å². The van der Waals surface area contributed by atoms with Gasteiger partial charge in [-0.2, -0.15) is 0 Å². The van der Waals surface area contributed by atoms with Crippen LogP contribution in [-0.2, 0) is 4.79 Å². The molecule has 5 heteroatoms. The maximum atomic E-state index is 13.0. The van der Waals surface area contributed by atoms with Gasteiger partial charge in [0.1, 0.15) is 5.82 Å². The number of benzene rings is 1. The van der Waals surface area contributed by atoms with E-state index in [1.54, 1.807) is 0 Å². The molecule has 1 aliphatic rings. The maximum absolute atomic E-state index is 13.0. The molecule has 0 aromatic heterocycles. The summed E-state index contributed by atoms with van der Waals surface area (Å²) in [6, 6.07) is 4.00. The lowest BCUT2D eigenvalue weighted by Gasteiger charge is -2.26. The van der Waals surface area contributed by atoms with Gasteiger partial charge in [0.2, 0.25) is 5.91 Å². The third-order valence-corrected chi connectivity index (χ3v) is 4.67. The van der Waals surface area contributed by atoms with E-state index in [0.717, 1.165) is 32.4 Å². The molecule has 4 nitrogen and oxygen atoms in total. The summed E-state index contributed by atoms with van der Waals surface area (Å²) in [6.07, 6.45) is 3.44. The molecule has 1 heterocycles. The van der Waals surface area contributed by atoms with Crippen molar-refractivity contribution in [2.45, 2.75) is 33.1 Å². The molecule has 0 spiro atoms. The molecule has 1 aromatic rings. The molecule has 0 aliphatic carbocycles. The minimum absolute atomic E-state index is 0.101. The van der Waals surface area contributed by atoms with E-state index in [4.69, 9.17) is 5.73 Å². The van der Waals surface area contributed by atoms with Gasteiger partial charge in [-0.15, -0.1) is 0 Å². The molecular formula is C16H24FN3O. The SMILES string of the molecule is CCC1(CC)CCN(CC(=O)Nc2ccc(F)cc2N)C1. The van der Waals surface area contributed by atoms with Crippen LogP contribution in [0.25, 0.3) is 0 Å². The molecule has 3 N–H and O–H groups in total. The van der Waals surface area contributed by atoms with Crippen LogP contribution in [0.2, 0.25) is 0 Å². The van der Waals surface area contributed by atoms with Crippen molar-refractivity contribution in [3.05, 3.63) is 24.0 Å². The number of amides is 1. The van der Waals surface area contributed by atoms with Crippen LogP contribution in [0.1, 0.15) is 33.1 Å². The number of nitrogen functional groups attached to an aromatic ring is 1. The van der Waals surface area contributed by atoms with E-state index in [0.29, 0.717) is 17.6 Å². The second-order valence-electron chi connectivity index (χ2n) is 5.95. The van der Waals surface area contributed by atoms with Crippen LogP contribution < -0.4 is 11.1 Å². The zero-order valence-corrected chi connectivity index (χ0v) is 12.8. The summed E-state index contributed by atoms with van der Waals surface area (Å²) in [4.78, 5) is 14.3. The lowest BCUT2D eigenvalue weighted by molar-refractivity contribution is -0.117. The fourth-order valence-electron chi connectivity index (χ4n) is 3.03. The summed E-state index contributed by atoms with van der Waals surface area (Å²) in [5.41, 5.74) is 6.77. The number of carbonyl (C=O) groups excluding carboxylic acids is 1. The first kappa shape index (κ1) is 15.8. The standard InChI is InChI=1S/C16H24FN3O/c1-3-16(4-2)7-8-20(11-16)10-15(21)19-14-6-5-12(17)9-13(14)18/h5-6,9H,3-4,7-8,10-11,18H2,1-2H3,(H,19,21). The Bertz CT molecular complexity index is 514. The van der Waals surface area contributed by atoms with E-state index in [1.165, 1.54) is 18.2 Å². The summed E-state index contributed by atoms with van der Waals surface area (Å²) >= 11 is 0. The van der Waals surface area contributed by atoms with Crippen molar-refractivity contribution in [1.29, 1.82) is 0 Å². The lowest BCUT2D eigenvalue weighted by atomic mass is 9.82. The molecule has 0 atom stereocenters. The highest BCUT2D eigenvalue weighted by molar-refractivity contribution is 5.95. The van der Waals surface area contributed by atoms with Crippen LogP contribution >= 0.6 is 0 Å². The van der Waals surface area contributed by atoms with Crippen LogP contribution in [0.15, 0.2) is 18.2 Å². The Hall–Kier alpha value is -1.62. The quantitative estimate of drug-likeness (QED) is 0.821. The van der Waals surface area contributed by atoms with Gasteiger partial charge in [0.05, 0.1) is 17.9 Å². The van der Waals surface area contributed by atoms with Crippen molar-refractivity contribution in [2.24, 2.45) is 5.41 Å². The largest absolute Gasteiger partial charge is 0.397 e. The second-order valence-corrected chi connectivity index (χ2v) is 5.95. The third kappa shape index (κ3) is 3.73. The molecule has 21 heavy (non-hydrogen) atoms. The highest BCUT2D eigenvalue weighted by Crippen LogP contribution is 2.36. The molecule has 1 fully saturated rings. The van der Waals surface area contributed by atoms with Gasteiger partial charge in [-0.3, -0.25) is 9.69 Å². The van der Waals surface area contributed by atoms with Crippen molar-refractivity contribution in [3.8, 4) is 0 Å². The number of halogens is 1. The maximum Gasteiger partial charge on any atom is 0.238 e. The van der Waals surface area contributed by atoms with Crippen LogP contribution in [0.3, 0.4) is 0 Å². The Morgan fingerprint density at radius 2 is 2.14 bits per heavy atom. The molecule has 0 radical (unpaired) electrons. The highest BCUT2D eigenvalue weighted by Gasteiger charge is 2.35. The summed E-state index contributed by atoms with van der Waals surface area (Å²) in [5.74, 6) is -0.503. The summed E-state index contributed by atoms with van der Waals surface area (Å²) in [5, 5.41) is 2.76. The summed E-state index contributed by atoms with van der Waals surface area (Å²) in [6.45, 7) is 6.71. The number of rotatable bonds is 5. The smallest absolute Gasteiger partial charge is 0.238 e. The highest BCUT2D eigenvalue weighted by atomic mass is 19.1. The molecule has 1 amide bonds. The third-order valence-electron chi connectivity index (χ3n) is 4.67. The second kappa shape index (κ2) is 6.43. The number of nitrogens with one attached hydrogen (secondary N) is 1. The molecule has 1 aliphatic heterocycles. The fraction of sp³-hybridized carbons (Fsp3) is 0.562. The number of hydrogen-bond donors (Lipinski definition) is 2. The van der Waals surface area contributed by atoms with Crippen LogP contribution in [0.5, 0.6) is 0 Å². The van der Waals surface area contributed by atoms with E-state index in [2.05, 4.69) is 24.1 Å². The van der Waals surface area contributed by atoms with Crippen LogP contribution in [0.4, 0.5) is 15.8 Å². The van der Waals surface area contributed by atoms with Gasteiger partial charge in [-0.1, -0.05) is 13.8 Å². The zero-order chi connectivity index (χ0) is 15.5. The minimum Gasteiger partial charge on any atom is -0.397 e. The molecule has 1 aromatic carbocycles. The molecule has 116 valence electrons. The molecule has 0 bridgehead atoms. The number of likely N-dealkylation sites (tertiary alicyclic amines) is 1. The predicted octanol–water partition coefficient (Wildman–Crippen LogP) is 2.86. The van der Waals surface area contributed by atoms with Crippen LogP contribution in [-0.4, -0.2) is 30.4 Å². The molecule has 0 saturated carbocycles. The number of carbonyl (C=O) groups is 1. The number of nitrogens with zero attached hydrogens (tertiary/aromatic N) is 1. The number of anilines is 2. The normalized spacial score (nSPS) is 17.9. The van der Waals surface area contributed by atoms with Gasteiger partial charge < -0.3 is 11.1 Å². The van der Waals surface area contributed by atoms with E-state index < -0.39 is 5.82 Å². The zero-order valence-electron chi connectivity index (χ0n) is 12.8. The Labute approximate surface area is 125 Å². The Kier molecular flexibility index (Phi) is 4.83. The van der Waals surface area contributed by atoms with E-state index in [1.807, 2.05) is 0 Å². The Morgan fingerprint density at radius 1 is 1.43 bits per heavy atom. The van der Waals surface area contributed by atoms with Gasteiger partial charge in [-0.25, -0.2) is 4.39 Å². The van der Waals surface area contributed by atoms with Crippen LogP contribution in [0, 0.1) is 11.2 Å². The average molecular weight is 293 g/mol. The molecular weight excluding hydrogens is 269 g/mol. The Morgan fingerprint density at radius 3 is 2.71 bits per heavy atom. The van der Waals surface area contributed by atoms with Gasteiger partial charge in [0, 0.05) is 6.54 Å². The molecule has 1 saturated heterocycles. The van der Waals surface area contributed by atoms with Gasteiger partial charge in [-0.05, 0) is 49.4 Å². The van der Waals surface area contributed by atoms with Gasteiger partial charge in [0.15, 0.2) is 0 Å². The molecule has 2 rings (SSSR count). The first-order valence-electron chi connectivity index (χ1n) is 7.55. The van der Waals surface area contributed by atoms with E-state index in [-0.39, 0.29) is 11.6 Å². The first-order valence-corrected chi connectivity index (χ1v) is 7.55.